The van der Waals surface area contributed by atoms with Gasteiger partial charge in [-0.05, 0) is 61.6 Å². The Morgan fingerprint density at radius 2 is 1.96 bits per heavy atom. The highest BCUT2D eigenvalue weighted by atomic mass is 35.5. The molecule has 25 heavy (non-hydrogen) atoms. The van der Waals surface area contributed by atoms with Crippen molar-refractivity contribution < 1.29 is 9.53 Å². The number of rotatable bonds is 5. The van der Waals surface area contributed by atoms with E-state index >= 15 is 0 Å². The minimum atomic E-state index is -0.111. The summed E-state index contributed by atoms with van der Waals surface area (Å²) in [6.07, 6.45) is 3.60. The molecule has 1 fully saturated rings. The van der Waals surface area contributed by atoms with Gasteiger partial charge >= 0.3 is 5.97 Å². The van der Waals surface area contributed by atoms with E-state index in [9.17, 15) is 4.79 Å². The third-order valence-electron chi connectivity index (χ3n) is 4.76. The predicted octanol–water partition coefficient (Wildman–Crippen LogP) is 3.74. The van der Waals surface area contributed by atoms with Gasteiger partial charge in [0, 0.05) is 6.54 Å². The van der Waals surface area contributed by atoms with Crippen LogP contribution in [-0.4, -0.2) is 18.5 Å². The molecule has 1 saturated carbocycles. The fourth-order valence-corrected chi connectivity index (χ4v) is 3.26. The minimum Gasteiger partial charge on any atom is -0.426 e. The van der Waals surface area contributed by atoms with Gasteiger partial charge in [-0.1, -0.05) is 26.0 Å². The smallest absolute Gasteiger partial charge is 0.314 e. The highest BCUT2D eigenvalue weighted by molar-refractivity contribution is 5.85. The number of ether oxygens (including phenoxy) is 1. The van der Waals surface area contributed by atoms with E-state index in [1.807, 2.05) is 19.1 Å². The molecule has 0 atom stereocenters. The van der Waals surface area contributed by atoms with Crippen LogP contribution in [0, 0.1) is 24.2 Å². The molecule has 5 nitrogen and oxygen atoms in total. The van der Waals surface area contributed by atoms with Crippen molar-refractivity contribution >= 4 is 24.3 Å². The normalized spacial score (nSPS) is 19.8. The van der Waals surface area contributed by atoms with E-state index in [0.717, 1.165) is 36.8 Å². The summed E-state index contributed by atoms with van der Waals surface area (Å²) in [5.41, 5.74) is 7.50. The zero-order chi connectivity index (χ0) is 17.7. The molecular formula is C19H30ClN3O2. The second-order valence-corrected chi connectivity index (χ2v) is 7.13. The number of nitrogens with one attached hydrogen (secondary N) is 2. The summed E-state index contributed by atoms with van der Waals surface area (Å²) in [4.78, 5) is 12.5. The molecule has 0 amide bonds. The van der Waals surface area contributed by atoms with Crippen molar-refractivity contribution in [3.63, 3.8) is 0 Å². The van der Waals surface area contributed by atoms with E-state index in [1.165, 1.54) is 0 Å². The zero-order valence-electron chi connectivity index (χ0n) is 15.3. The van der Waals surface area contributed by atoms with E-state index in [0.29, 0.717) is 24.1 Å². The zero-order valence-corrected chi connectivity index (χ0v) is 16.1. The molecule has 0 bridgehead atoms. The molecule has 1 aliphatic rings. The van der Waals surface area contributed by atoms with Crippen molar-refractivity contribution in [3.8, 4) is 5.75 Å². The summed E-state index contributed by atoms with van der Waals surface area (Å²) < 4.78 is 5.75. The molecule has 4 N–H and O–H groups in total. The fraction of sp³-hybridized carbons (Fsp3) is 0.579. The molecule has 6 heteroatoms. The maximum Gasteiger partial charge on any atom is 0.314 e. The molecule has 0 heterocycles. The molecule has 1 aliphatic carbocycles. The Labute approximate surface area is 156 Å². The van der Waals surface area contributed by atoms with E-state index < -0.39 is 0 Å². The molecule has 0 spiro atoms. The first-order chi connectivity index (χ1) is 11.4. The lowest BCUT2D eigenvalue weighted by atomic mass is 9.82. The number of hydrogen-bond acceptors (Lipinski definition) is 3. The average molecular weight is 368 g/mol. The van der Waals surface area contributed by atoms with Crippen molar-refractivity contribution in [3.05, 3.63) is 29.3 Å². The van der Waals surface area contributed by atoms with E-state index in [4.69, 9.17) is 15.9 Å². The van der Waals surface area contributed by atoms with Crippen LogP contribution in [-0.2, 0) is 4.79 Å². The molecule has 0 saturated heterocycles. The van der Waals surface area contributed by atoms with Crippen molar-refractivity contribution in [2.45, 2.75) is 52.4 Å². The van der Waals surface area contributed by atoms with Gasteiger partial charge in [-0.15, -0.1) is 12.4 Å². The molecule has 2 rings (SSSR count). The summed E-state index contributed by atoms with van der Waals surface area (Å²) in [7, 11) is 0. The number of benzene rings is 1. The van der Waals surface area contributed by atoms with Gasteiger partial charge < -0.3 is 15.8 Å². The summed E-state index contributed by atoms with van der Waals surface area (Å²) in [6, 6.07) is 6.06. The van der Waals surface area contributed by atoms with Crippen molar-refractivity contribution in [2.24, 2.45) is 17.6 Å². The van der Waals surface area contributed by atoms with Crippen molar-refractivity contribution in [1.82, 2.24) is 5.32 Å². The SMILES string of the molecule is Cc1ccc(C(C)C)c(OC(=O)[C@H]2CC[C@H](CNC(=N)N)CC2)c1.Cl. The number of hydrogen-bond donors (Lipinski definition) is 3. The van der Waals surface area contributed by atoms with Gasteiger partial charge in [0.2, 0.25) is 0 Å². The summed E-state index contributed by atoms with van der Waals surface area (Å²) in [5, 5.41) is 10.1. The first-order valence-corrected chi connectivity index (χ1v) is 8.77. The van der Waals surface area contributed by atoms with Crippen LogP contribution in [0.15, 0.2) is 18.2 Å². The molecular weight excluding hydrogens is 338 g/mol. The highest BCUT2D eigenvalue weighted by Crippen LogP contribution is 2.32. The van der Waals surface area contributed by atoms with Crippen LogP contribution in [0.2, 0.25) is 0 Å². The van der Waals surface area contributed by atoms with Crippen LogP contribution in [0.1, 0.15) is 56.6 Å². The van der Waals surface area contributed by atoms with E-state index in [1.54, 1.807) is 0 Å². The van der Waals surface area contributed by atoms with Crippen LogP contribution in [0.3, 0.4) is 0 Å². The standard InChI is InChI=1S/C19H29N3O2.ClH/c1-12(2)16-9-4-13(3)10-17(16)24-18(23)15-7-5-14(6-8-15)11-22-19(20)21;/h4,9-10,12,14-15H,5-8,11H2,1-3H3,(H4,20,21,22);1H/t14-,15-;. The quantitative estimate of drug-likeness (QED) is 0.320. The molecule has 0 unspecified atom stereocenters. The number of esters is 1. The minimum absolute atomic E-state index is 0. The van der Waals surface area contributed by atoms with E-state index in [-0.39, 0.29) is 30.3 Å². The Hall–Kier alpha value is -1.75. The number of carbonyl (C=O) groups is 1. The Balaban J connectivity index is 0.00000312. The third kappa shape index (κ3) is 6.24. The number of carbonyl (C=O) groups excluding carboxylic acids is 1. The number of halogens is 1. The van der Waals surface area contributed by atoms with Gasteiger partial charge in [-0.3, -0.25) is 10.2 Å². The van der Waals surface area contributed by atoms with Crippen molar-refractivity contribution in [1.29, 1.82) is 5.41 Å². The lowest BCUT2D eigenvalue weighted by Crippen LogP contribution is -2.36. The summed E-state index contributed by atoms with van der Waals surface area (Å²) in [6.45, 7) is 6.94. The Morgan fingerprint density at radius 1 is 1.32 bits per heavy atom. The van der Waals surface area contributed by atoms with Crippen LogP contribution >= 0.6 is 12.4 Å². The first-order valence-electron chi connectivity index (χ1n) is 8.77. The lowest BCUT2D eigenvalue weighted by molar-refractivity contribution is -0.140. The topological polar surface area (TPSA) is 88.2 Å². The second-order valence-electron chi connectivity index (χ2n) is 7.13. The first kappa shape index (κ1) is 21.3. The Kier molecular flexibility index (Phi) is 8.23. The molecule has 1 aromatic carbocycles. The molecule has 1 aromatic rings. The Bertz CT molecular complexity index is 596. The number of guanidine groups is 1. The second kappa shape index (κ2) is 9.66. The van der Waals surface area contributed by atoms with Crippen LogP contribution < -0.4 is 15.8 Å². The van der Waals surface area contributed by atoms with Gasteiger partial charge in [0.05, 0.1) is 5.92 Å². The molecule has 0 aliphatic heterocycles. The van der Waals surface area contributed by atoms with Crippen LogP contribution in [0.25, 0.3) is 0 Å². The van der Waals surface area contributed by atoms with Gasteiger partial charge in [-0.25, -0.2) is 0 Å². The fourth-order valence-electron chi connectivity index (χ4n) is 3.26. The lowest BCUT2D eigenvalue weighted by Gasteiger charge is -2.27. The molecule has 140 valence electrons. The highest BCUT2D eigenvalue weighted by Gasteiger charge is 2.28. The van der Waals surface area contributed by atoms with Gasteiger partial charge in [0.25, 0.3) is 0 Å². The average Bonchev–Trinajstić information content (AvgIpc) is 2.53. The maximum atomic E-state index is 12.5. The van der Waals surface area contributed by atoms with Crippen LogP contribution in [0.5, 0.6) is 5.75 Å². The largest absolute Gasteiger partial charge is 0.426 e. The van der Waals surface area contributed by atoms with Crippen LogP contribution in [0.4, 0.5) is 0 Å². The predicted molar refractivity (Wildman–Crippen MR) is 104 cm³/mol. The monoisotopic (exact) mass is 367 g/mol. The number of nitrogens with two attached hydrogens (primary N) is 1. The maximum absolute atomic E-state index is 12.5. The summed E-state index contributed by atoms with van der Waals surface area (Å²) >= 11 is 0. The third-order valence-corrected chi connectivity index (χ3v) is 4.76. The van der Waals surface area contributed by atoms with E-state index in [2.05, 4.69) is 25.2 Å². The molecule has 0 radical (unpaired) electrons. The Morgan fingerprint density at radius 3 is 2.52 bits per heavy atom. The van der Waals surface area contributed by atoms with Gasteiger partial charge in [0.1, 0.15) is 5.75 Å². The van der Waals surface area contributed by atoms with Gasteiger partial charge in [-0.2, -0.15) is 0 Å². The number of aryl methyl sites for hydroxylation is 1. The molecule has 0 aromatic heterocycles. The van der Waals surface area contributed by atoms with Gasteiger partial charge in [0.15, 0.2) is 5.96 Å². The van der Waals surface area contributed by atoms with Crippen molar-refractivity contribution in [2.75, 3.05) is 6.54 Å². The summed E-state index contributed by atoms with van der Waals surface area (Å²) in [5.74, 6) is 1.37.